The maximum atomic E-state index is 6.47. The third kappa shape index (κ3) is 5.15. The first-order valence-electron chi connectivity index (χ1n) is 15.2. The van der Waals surface area contributed by atoms with E-state index < -0.39 is 0 Å². The summed E-state index contributed by atoms with van der Waals surface area (Å²) in [6.07, 6.45) is 9.37. The van der Waals surface area contributed by atoms with Gasteiger partial charge in [0.1, 0.15) is 17.3 Å². The van der Waals surface area contributed by atoms with Crippen molar-refractivity contribution in [1.29, 1.82) is 0 Å². The SMILES string of the molecule is CC(C)c1ccc(-[n+]2[c-]n(-c3cccc(Oc4ccc5c6ccccc6n(-c6cc(C(C)(C)C)ccn6)c5c4)c3)cc2)cc1. The molecule has 7 rings (SSSR count). The third-order valence-corrected chi connectivity index (χ3v) is 8.24. The number of nitrogens with zero attached hydrogens (tertiary/aromatic N) is 4. The summed E-state index contributed by atoms with van der Waals surface area (Å²) in [5.74, 6) is 2.93. The molecule has 0 N–H and O–H groups in total. The Kier molecular flexibility index (Phi) is 6.81. The third-order valence-electron chi connectivity index (χ3n) is 8.24. The van der Waals surface area contributed by atoms with Crippen molar-refractivity contribution >= 4 is 21.8 Å². The first kappa shape index (κ1) is 27.7. The van der Waals surface area contributed by atoms with Crippen molar-refractivity contribution in [3.63, 3.8) is 0 Å². The van der Waals surface area contributed by atoms with Crippen LogP contribution in [0.3, 0.4) is 0 Å². The predicted octanol–water partition coefficient (Wildman–Crippen LogP) is 9.26. The highest BCUT2D eigenvalue weighted by Gasteiger charge is 2.18. The van der Waals surface area contributed by atoms with Crippen LogP contribution in [-0.4, -0.2) is 14.1 Å². The van der Waals surface area contributed by atoms with Crippen molar-refractivity contribution in [2.75, 3.05) is 0 Å². The summed E-state index contributed by atoms with van der Waals surface area (Å²) in [4.78, 5) is 4.80. The molecule has 0 saturated heterocycles. The number of benzene rings is 4. The zero-order valence-electron chi connectivity index (χ0n) is 25.8. The lowest BCUT2D eigenvalue weighted by atomic mass is 9.88. The molecule has 0 aliphatic rings. The number of imidazole rings is 1. The molecule has 218 valence electrons. The molecule has 5 heteroatoms. The summed E-state index contributed by atoms with van der Waals surface area (Å²) < 4.78 is 12.7. The van der Waals surface area contributed by atoms with Gasteiger partial charge in [-0.15, -0.1) is 0 Å². The van der Waals surface area contributed by atoms with Gasteiger partial charge in [-0.3, -0.25) is 13.7 Å². The van der Waals surface area contributed by atoms with Gasteiger partial charge in [0.25, 0.3) is 6.33 Å². The highest BCUT2D eigenvalue weighted by atomic mass is 16.5. The van der Waals surface area contributed by atoms with Crippen molar-refractivity contribution in [1.82, 2.24) is 14.1 Å². The minimum Gasteiger partial charge on any atom is -0.458 e. The van der Waals surface area contributed by atoms with Gasteiger partial charge in [0, 0.05) is 35.4 Å². The van der Waals surface area contributed by atoms with Crippen molar-refractivity contribution < 1.29 is 9.30 Å². The molecule has 44 heavy (non-hydrogen) atoms. The van der Waals surface area contributed by atoms with Crippen LogP contribution in [0.4, 0.5) is 0 Å². The second-order valence-corrected chi connectivity index (χ2v) is 12.7. The highest BCUT2D eigenvalue weighted by molar-refractivity contribution is 6.09. The molecule has 0 radical (unpaired) electrons. The molecule has 0 fully saturated rings. The summed E-state index contributed by atoms with van der Waals surface area (Å²) in [6, 6.07) is 35.8. The number of para-hydroxylation sites is 1. The average molecular weight is 577 g/mol. The molecule has 0 saturated carbocycles. The van der Waals surface area contributed by atoms with Gasteiger partial charge in [-0.2, -0.15) is 0 Å². The van der Waals surface area contributed by atoms with Gasteiger partial charge in [-0.1, -0.05) is 71.0 Å². The van der Waals surface area contributed by atoms with E-state index in [0.717, 1.165) is 45.1 Å². The van der Waals surface area contributed by atoms with Crippen LogP contribution in [0.5, 0.6) is 11.5 Å². The van der Waals surface area contributed by atoms with Crippen LogP contribution < -0.4 is 9.30 Å². The molecule has 0 aliphatic carbocycles. The number of hydrogen-bond acceptors (Lipinski definition) is 2. The van der Waals surface area contributed by atoms with Crippen LogP contribution in [0.2, 0.25) is 0 Å². The lowest BCUT2D eigenvalue weighted by Crippen LogP contribution is -2.28. The highest BCUT2D eigenvalue weighted by Crippen LogP contribution is 2.36. The van der Waals surface area contributed by atoms with E-state index in [1.54, 1.807) is 0 Å². The fourth-order valence-electron chi connectivity index (χ4n) is 5.72. The zero-order valence-corrected chi connectivity index (χ0v) is 25.8. The van der Waals surface area contributed by atoms with Crippen LogP contribution in [0.1, 0.15) is 51.7 Å². The van der Waals surface area contributed by atoms with Gasteiger partial charge in [-0.05, 0) is 83.1 Å². The number of rotatable bonds is 6. The first-order chi connectivity index (χ1) is 21.2. The number of aromatic nitrogens is 4. The van der Waals surface area contributed by atoms with Gasteiger partial charge in [0.15, 0.2) is 0 Å². The lowest BCUT2D eigenvalue weighted by molar-refractivity contribution is -0.599. The monoisotopic (exact) mass is 576 g/mol. The van der Waals surface area contributed by atoms with Gasteiger partial charge in [-0.25, -0.2) is 4.98 Å². The van der Waals surface area contributed by atoms with Crippen LogP contribution in [0.25, 0.3) is 39.0 Å². The molecule has 5 nitrogen and oxygen atoms in total. The number of pyridine rings is 1. The Morgan fingerprint density at radius 1 is 0.773 bits per heavy atom. The van der Waals surface area contributed by atoms with Crippen molar-refractivity contribution in [3.8, 4) is 28.7 Å². The second kappa shape index (κ2) is 10.8. The predicted molar refractivity (Wildman–Crippen MR) is 178 cm³/mol. The lowest BCUT2D eigenvalue weighted by Gasteiger charge is -2.20. The molecule has 3 aromatic heterocycles. The van der Waals surface area contributed by atoms with E-state index in [1.807, 2.05) is 52.0 Å². The zero-order chi connectivity index (χ0) is 30.4. The van der Waals surface area contributed by atoms with Gasteiger partial charge >= 0.3 is 0 Å². The maximum Gasteiger partial charge on any atom is 0.268 e. The molecule has 4 aromatic carbocycles. The Morgan fingerprint density at radius 2 is 1.55 bits per heavy atom. The minimum absolute atomic E-state index is 0.0184. The van der Waals surface area contributed by atoms with Crippen molar-refractivity contribution in [3.05, 3.63) is 139 Å². The Hall–Kier alpha value is -5.16. The average Bonchev–Trinajstić information content (AvgIpc) is 3.64. The Balaban J connectivity index is 1.23. The molecule has 0 aliphatic heterocycles. The first-order valence-corrected chi connectivity index (χ1v) is 15.2. The molecule has 0 unspecified atom stereocenters. The molecule has 0 bridgehead atoms. The largest absolute Gasteiger partial charge is 0.458 e. The Morgan fingerprint density at radius 3 is 2.34 bits per heavy atom. The summed E-state index contributed by atoms with van der Waals surface area (Å²) in [7, 11) is 0. The van der Waals surface area contributed by atoms with E-state index in [-0.39, 0.29) is 5.41 Å². The van der Waals surface area contributed by atoms with E-state index in [4.69, 9.17) is 9.72 Å². The Bertz CT molecular complexity index is 2110. The number of hydrogen-bond donors (Lipinski definition) is 0. The topological polar surface area (TPSA) is 35.9 Å². The van der Waals surface area contributed by atoms with E-state index >= 15 is 0 Å². The van der Waals surface area contributed by atoms with Crippen LogP contribution >= 0.6 is 0 Å². The normalized spacial score (nSPS) is 12.0. The van der Waals surface area contributed by atoms with E-state index in [1.165, 1.54) is 16.5 Å². The number of fused-ring (bicyclic) bond motifs is 3. The summed E-state index contributed by atoms with van der Waals surface area (Å²) >= 11 is 0. The maximum absolute atomic E-state index is 6.47. The van der Waals surface area contributed by atoms with Crippen LogP contribution in [0.15, 0.2) is 122 Å². The standard InChI is InChI=1S/C39H36N4O/c1-27(2)28-13-15-30(16-14-28)41-21-22-42(26-41)31-9-8-10-32(24-31)44-33-17-18-35-34-11-6-7-12-36(34)43(37(35)25-33)38-23-29(19-20-40-38)39(3,4)5/h6-25,27H,1-5H3. The summed E-state index contributed by atoms with van der Waals surface area (Å²) in [5, 5.41) is 2.35. The molecular weight excluding hydrogens is 540 g/mol. The van der Waals surface area contributed by atoms with Gasteiger partial charge in [0.05, 0.1) is 22.4 Å². The molecule has 3 heterocycles. The molecule has 0 atom stereocenters. The van der Waals surface area contributed by atoms with Crippen molar-refractivity contribution in [2.45, 2.75) is 46.0 Å². The van der Waals surface area contributed by atoms with E-state index in [2.05, 4.69) is 124 Å². The molecular formula is C39H36N4O. The van der Waals surface area contributed by atoms with Gasteiger partial charge < -0.3 is 4.74 Å². The van der Waals surface area contributed by atoms with Crippen molar-refractivity contribution in [2.24, 2.45) is 0 Å². The smallest absolute Gasteiger partial charge is 0.268 e. The molecule has 7 aromatic rings. The van der Waals surface area contributed by atoms with Gasteiger partial charge in [0.2, 0.25) is 0 Å². The molecule has 0 amide bonds. The van der Waals surface area contributed by atoms with E-state index in [0.29, 0.717) is 5.92 Å². The summed E-state index contributed by atoms with van der Waals surface area (Å²) in [6.45, 7) is 11.1. The number of ether oxygens (including phenoxy) is 1. The van der Waals surface area contributed by atoms with Crippen LogP contribution in [-0.2, 0) is 5.41 Å². The van der Waals surface area contributed by atoms with Crippen LogP contribution in [0, 0.1) is 6.33 Å². The quantitative estimate of drug-likeness (QED) is 0.146. The second-order valence-electron chi connectivity index (χ2n) is 12.7. The molecule has 0 spiro atoms. The fourth-order valence-corrected chi connectivity index (χ4v) is 5.72. The Labute approximate surface area is 258 Å². The fraction of sp³-hybridized carbons (Fsp3) is 0.179. The van der Waals surface area contributed by atoms with E-state index in [9.17, 15) is 0 Å². The minimum atomic E-state index is 0.0184. The summed E-state index contributed by atoms with van der Waals surface area (Å²) in [5.41, 5.74) is 6.81.